The van der Waals surface area contributed by atoms with Gasteiger partial charge in [-0.05, 0) is 45.0 Å². The average molecular weight is 595 g/mol. The van der Waals surface area contributed by atoms with Gasteiger partial charge in [0.15, 0.2) is 5.82 Å². The summed E-state index contributed by atoms with van der Waals surface area (Å²) in [5, 5.41) is 2.90. The highest BCUT2D eigenvalue weighted by molar-refractivity contribution is 6.03. The van der Waals surface area contributed by atoms with Crippen LogP contribution >= 0.6 is 0 Å². The number of amides is 1. The molecule has 1 aliphatic rings. The largest absolute Gasteiger partial charge is 0.497 e. The van der Waals surface area contributed by atoms with Gasteiger partial charge >= 0.3 is 5.97 Å². The number of esters is 1. The molecule has 0 unspecified atom stereocenters. The number of benzene rings is 2. The minimum atomic E-state index is -0.872. The second-order valence-corrected chi connectivity index (χ2v) is 10.5. The van der Waals surface area contributed by atoms with Crippen molar-refractivity contribution in [2.75, 3.05) is 26.1 Å². The first-order chi connectivity index (χ1) is 20.4. The number of allylic oxidation sites excluding steroid dienone is 1. The van der Waals surface area contributed by atoms with E-state index in [9.17, 15) is 18.4 Å². The Morgan fingerprint density at radius 3 is 2.47 bits per heavy atom. The van der Waals surface area contributed by atoms with Gasteiger partial charge in [-0.1, -0.05) is 6.07 Å². The minimum absolute atomic E-state index is 0.0258. The molecule has 0 saturated carbocycles. The van der Waals surface area contributed by atoms with Gasteiger partial charge in [0.2, 0.25) is 0 Å². The summed E-state index contributed by atoms with van der Waals surface area (Å²) < 4.78 is 45.5. The Kier molecular flexibility index (Phi) is 9.22. The summed E-state index contributed by atoms with van der Waals surface area (Å²) >= 11 is 0. The molecule has 0 aliphatic carbocycles. The third-order valence-electron chi connectivity index (χ3n) is 6.18. The maximum Gasteiger partial charge on any atom is 0.328 e. The van der Waals surface area contributed by atoms with E-state index in [2.05, 4.69) is 20.3 Å². The van der Waals surface area contributed by atoms with Crippen LogP contribution in [0.1, 0.15) is 42.4 Å². The third kappa shape index (κ3) is 7.23. The number of hydrogen-bond donors (Lipinski definition) is 2. The summed E-state index contributed by atoms with van der Waals surface area (Å²) in [7, 11) is 3.04. The normalized spacial score (nSPS) is 13.3. The van der Waals surface area contributed by atoms with E-state index in [1.807, 2.05) is 0 Å². The van der Waals surface area contributed by atoms with Gasteiger partial charge in [-0.15, -0.1) is 0 Å². The molecule has 0 atom stereocenters. The number of rotatable bonds is 10. The molecule has 1 aliphatic heterocycles. The second kappa shape index (κ2) is 12.8. The Labute approximate surface area is 247 Å². The molecule has 0 saturated heterocycles. The molecule has 13 heteroatoms. The van der Waals surface area contributed by atoms with Crippen LogP contribution < -0.4 is 20.5 Å². The molecule has 0 spiro atoms. The Morgan fingerprint density at radius 1 is 1.12 bits per heavy atom. The molecule has 226 valence electrons. The Morgan fingerprint density at radius 2 is 1.84 bits per heavy atom. The monoisotopic (exact) mass is 594 g/mol. The molecule has 0 fully saturated rings. The van der Waals surface area contributed by atoms with Crippen molar-refractivity contribution in [3.8, 4) is 22.9 Å². The SMILES string of the molecule is COc1ccc(CN2Cc3nc(-c4c(F)cccc4F)nc(NC(C=NCC(=O)OC(C)(C)C)=CN)c3C2=O)c(OC)c1. The van der Waals surface area contributed by atoms with Crippen molar-refractivity contribution >= 4 is 23.9 Å². The predicted molar refractivity (Wildman–Crippen MR) is 156 cm³/mol. The molecule has 2 heterocycles. The molecule has 1 aromatic heterocycles. The van der Waals surface area contributed by atoms with Crippen molar-refractivity contribution in [2.45, 2.75) is 39.5 Å². The van der Waals surface area contributed by atoms with E-state index < -0.39 is 34.7 Å². The summed E-state index contributed by atoms with van der Waals surface area (Å²) in [6.45, 7) is 5.08. The first-order valence-electron chi connectivity index (χ1n) is 13.2. The number of carbonyl (C=O) groups is 2. The topological polar surface area (TPSA) is 141 Å². The number of nitrogens with zero attached hydrogens (tertiary/aromatic N) is 4. The number of ether oxygens (including phenoxy) is 3. The highest BCUT2D eigenvalue weighted by Crippen LogP contribution is 2.34. The standard InChI is InChI=1S/C30H32F2N6O5/c1-30(2,3)43-24(39)14-34-13-18(12-33)35-28-26-22(36-27(37-28)25-20(31)7-6-8-21(25)32)16-38(29(26)40)15-17-9-10-19(41-4)11-23(17)42-5/h6-13H,14-16,33H2,1-5H3,(H,35,36,37). The maximum atomic E-state index is 14.8. The minimum Gasteiger partial charge on any atom is -0.497 e. The molecule has 11 nitrogen and oxygen atoms in total. The van der Waals surface area contributed by atoms with Crippen molar-refractivity contribution in [3.63, 3.8) is 0 Å². The number of carbonyl (C=O) groups excluding carboxylic acids is 2. The molecule has 4 rings (SSSR count). The lowest BCUT2D eigenvalue weighted by Crippen LogP contribution is -2.25. The first-order valence-corrected chi connectivity index (χ1v) is 13.2. The van der Waals surface area contributed by atoms with Crippen LogP contribution in [0.4, 0.5) is 14.6 Å². The molecule has 2 aromatic carbocycles. The van der Waals surface area contributed by atoms with E-state index >= 15 is 0 Å². The lowest BCUT2D eigenvalue weighted by atomic mass is 10.1. The molecule has 3 N–H and O–H groups in total. The van der Waals surface area contributed by atoms with Gasteiger partial charge in [0.05, 0.1) is 44.3 Å². The quantitative estimate of drug-likeness (QED) is 0.261. The molecule has 3 aromatic rings. The van der Waals surface area contributed by atoms with E-state index in [0.717, 1.165) is 18.3 Å². The molecule has 0 bridgehead atoms. The van der Waals surface area contributed by atoms with E-state index in [1.54, 1.807) is 39.0 Å². The van der Waals surface area contributed by atoms with Crippen LogP contribution in [-0.2, 0) is 22.6 Å². The Hall–Kier alpha value is -5.07. The summed E-state index contributed by atoms with van der Waals surface area (Å²) in [6.07, 6.45) is 2.41. The summed E-state index contributed by atoms with van der Waals surface area (Å²) in [6, 6.07) is 8.62. The number of methoxy groups -OCH3 is 2. The predicted octanol–water partition coefficient (Wildman–Crippen LogP) is 4.22. The fourth-order valence-electron chi connectivity index (χ4n) is 4.33. The van der Waals surface area contributed by atoms with Gasteiger partial charge in [0.25, 0.3) is 5.91 Å². The second-order valence-electron chi connectivity index (χ2n) is 10.5. The number of aliphatic imine (C=N–C) groups is 1. The molecule has 43 heavy (non-hydrogen) atoms. The van der Waals surface area contributed by atoms with Crippen LogP contribution in [0.5, 0.6) is 11.5 Å². The van der Waals surface area contributed by atoms with E-state index in [0.29, 0.717) is 17.1 Å². The Balaban J connectivity index is 1.69. The third-order valence-corrected chi connectivity index (χ3v) is 6.18. The summed E-state index contributed by atoms with van der Waals surface area (Å²) in [4.78, 5) is 40.0. The number of hydrogen-bond acceptors (Lipinski definition) is 10. The number of anilines is 1. The smallest absolute Gasteiger partial charge is 0.328 e. The highest BCUT2D eigenvalue weighted by atomic mass is 19.1. The zero-order chi connectivity index (χ0) is 31.3. The van der Waals surface area contributed by atoms with E-state index in [4.69, 9.17) is 19.9 Å². The highest BCUT2D eigenvalue weighted by Gasteiger charge is 2.34. The van der Waals surface area contributed by atoms with Crippen molar-refractivity contribution in [3.05, 3.63) is 76.8 Å². The fraction of sp³-hybridized carbons (Fsp3) is 0.300. The van der Waals surface area contributed by atoms with Gasteiger partial charge in [-0.3, -0.25) is 14.6 Å². The van der Waals surface area contributed by atoms with Crippen molar-refractivity contribution in [1.29, 1.82) is 0 Å². The lowest BCUT2D eigenvalue weighted by molar-refractivity contribution is -0.152. The van der Waals surface area contributed by atoms with E-state index in [1.165, 1.54) is 31.4 Å². The number of fused-ring (bicyclic) bond motifs is 1. The average Bonchev–Trinajstić information content (AvgIpc) is 3.26. The van der Waals surface area contributed by atoms with Gasteiger partial charge in [0.1, 0.15) is 46.7 Å². The molecule has 1 amide bonds. The number of halogens is 2. The van der Waals surface area contributed by atoms with Gasteiger partial charge in [0, 0.05) is 24.0 Å². The lowest BCUT2D eigenvalue weighted by Gasteiger charge is -2.18. The maximum absolute atomic E-state index is 14.8. The molecular weight excluding hydrogens is 562 g/mol. The van der Waals surface area contributed by atoms with Gasteiger partial charge in [-0.2, -0.15) is 0 Å². The number of aromatic nitrogens is 2. The molecular formula is C30H32F2N6O5. The van der Waals surface area contributed by atoms with Gasteiger partial charge < -0.3 is 30.2 Å². The number of nitrogens with two attached hydrogens (primary N) is 1. The van der Waals surface area contributed by atoms with Crippen LogP contribution in [-0.4, -0.2) is 59.3 Å². The van der Waals surface area contributed by atoms with Gasteiger partial charge in [-0.25, -0.2) is 18.7 Å². The zero-order valence-corrected chi connectivity index (χ0v) is 24.4. The van der Waals surface area contributed by atoms with Crippen molar-refractivity contribution in [1.82, 2.24) is 14.9 Å². The zero-order valence-electron chi connectivity index (χ0n) is 24.4. The summed E-state index contributed by atoms with van der Waals surface area (Å²) in [5.41, 5.74) is 5.85. The first kappa shape index (κ1) is 30.9. The molecule has 0 radical (unpaired) electrons. The van der Waals surface area contributed by atoms with Crippen LogP contribution in [0.3, 0.4) is 0 Å². The number of nitrogens with one attached hydrogen (secondary N) is 1. The summed E-state index contributed by atoms with van der Waals surface area (Å²) in [5.74, 6) is -1.95. The van der Waals surface area contributed by atoms with Crippen LogP contribution in [0, 0.1) is 11.6 Å². The fourth-order valence-corrected chi connectivity index (χ4v) is 4.33. The van der Waals surface area contributed by atoms with Crippen molar-refractivity contribution in [2.24, 2.45) is 10.7 Å². The van der Waals surface area contributed by atoms with Crippen molar-refractivity contribution < 1.29 is 32.6 Å². The van der Waals surface area contributed by atoms with E-state index in [-0.39, 0.29) is 48.2 Å². The van der Waals surface area contributed by atoms with Crippen LogP contribution in [0.2, 0.25) is 0 Å². The van der Waals surface area contributed by atoms with Crippen LogP contribution in [0.15, 0.2) is 53.3 Å². The Bertz CT molecular complexity index is 1580. The van der Waals surface area contributed by atoms with Crippen LogP contribution in [0.25, 0.3) is 11.4 Å².